The Hall–Kier alpha value is -0.370. The van der Waals surface area contributed by atoms with E-state index < -0.39 is 0 Å². The molecule has 0 bridgehead atoms. The molecule has 16 heavy (non-hydrogen) atoms. The molecular formula is C14H25NO. The van der Waals surface area contributed by atoms with Gasteiger partial charge in [0.1, 0.15) is 5.78 Å². The Morgan fingerprint density at radius 2 is 1.94 bits per heavy atom. The minimum atomic E-state index is -0.0397. The lowest BCUT2D eigenvalue weighted by molar-refractivity contribution is -0.135. The first kappa shape index (κ1) is 12.1. The molecule has 2 nitrogen and oxygen atoms in total. The number of nitrogens with one attached hydrogen (secondary N) is 1. The van der Waals surface area contributed by atoms with Gasteiger partial charge in [-0.1, -0.05) is 33.1 Å². The molecule has 1 heterocycles. The lowest BCUT2D eigenvalue weighted by Gasteiger charge is -2.35. The van der Waals surface area contributed by atoms with Gasteiger partial charge in [0.05, 0.1) is 0 Å². The van der Waals surface area contributed by atoms with Crippen LogP contribution < -0.4 is 5.32 Å². The van der Waals surface area contributed by atoms with E-state index in [2.05, 4.69) is 19.2 Å². The second kappa shape index (κ2) is 4.87. The van der Waals surface area contributed by atoms with Crippen molar-refractivity contribution in [1.82, 2.24) is 5.32 Å². The minimum absolute atomic E-state index is 0.0397. The van der Waals surface area contributed by atoms with Gasteiger partial charge in [0, 0.05) is 17.9 Å². The molecule has 0 aromatic rings. The highest BCUT2D eigenvalue weighted by atomic mass is 16.1. The summed E-state index contributed by atoms with van der Waals surface area (Å²) in [6.45, 7) is 6.37. The molecule has 2 rings (SSSR count). The van der Waals surface area contributed by atoms with E-state index in [1.807, 2.05) is 0 Å². The van der Waals surface area contributed by atoms with Crippen LogP contribution in [0.1, 0.15) is 52.4 Å². The first-order chi connectivity index (χ1) is 7.67. The first-order valence-electron chi connectivity index (χ1n) is 6.92. The zero-order valence-corrected chi connectivity index (χ0v) is 10.7. The lowest BCUT2D eigenvalue weighted by Crippen LogP contribution is -2.42. The van der Waals surface area contributed by atoms with E-state index in [0.717, 1.165) is 32.4 Å². The van der Waals surface area contributed by atoms with Crippen molar-refractivity contribution in [2.24, 2.45) is 17.3 Å². The summed E-state index contributed by atoms with van der Waals surface area (Å²) < 4.78 is 0. The van der Waals surface area contributed by atoms with Crippen molar-refractivity contribution in [1.29, 1.82) is 0 Å². The van der Waals surface area contributed by atoms with E-state index in [-0.39, 0.29) is 5.41 Å². The number of hydrogen-bond donors (Lipinski definition) is 1. The third kappa shape index (κ3) is 2.04. The number of carbonyl (C=O) groups excluding carboxylic acids is 1. The molecule has 1 unspecified atom stereocenters. The summed E-state index contributed by atoms with van der Waals surface area (Å²) in [5, 5.41) is 3.39. The van der Waals surface area contributed by atoms with E-state index >= 15 is 0 Å². The molecule has 0 spiro atoms. The monoisotopic (exact) mass is 223 g/mol. The Balaban J connectivity index is 2.10. The van der Waals surface area contributed by atoms with Crippen molar-refractivity contribution in [3.8, 4) is 0 Å². The SMILES string of the molecule is CC(C)C1(C(=O)C2CCCCC2)CCNC1. The normalized spacial score (nSPS) is 32.2. The van der Waals surface area contributed by atoms with Gasteiger partial charge in [-0.05, 0) is 31.7 Å². The van der Waals surface area contributed by atoms with Crippen LogP contribution in [0.4, 0.5) is 0 Å². The molecular weight excluding hydrogens is 198 g/mol. The van der Waals surface area contributed by atoms with Gasteiger partial charge < -0.3 is 5.32 Å². The van der Waals surface area contributed by atoms with E-state index in [0.29, 0.717) is 17.6 Å². The molecule has 2 fully saturated rings. The van der Waals surface area contributed by atoms with Crippen molar-refractivity contribution < 1.29 is 4.79 Å². The Morgan fingerprint density at radius 3 is 2.44 bits per heavy atom. The zero-order valence-electron chi connectivity index (χ0n) is 10.7. The Morgan fingerprint density at radius 1 is 1.25 bits per heavy atom. The van der Waals surface area contributed by atoms with Crippen molar-refractivity contribution in [2.45, 2.75) is 52.4 Å². The smallest absolute Gasteiger partial charge is 0.143 e. The summed E-state index contributed by atoms with van der Waals surface area (Å²) >= 11 is 0. The number of hydrogen-bond acceptors (Lipinski definition) is 2. The Bertz CT molecular complexity index is 247. The topological polar surface area (TPSA) is 29.1 Å². The maximum atomic E-state index is 12.7. The molecule has 1 aliphatic heterocycles. The zero-order chi connectivity index (χ0) is 11.6. The van der Waals surface area contributed by atoms with E-state index in [9.17, 15) is 4.79 Å². The average Bonchev–Trinajstić information content (AvgIpc) is 2.79. The van der Waals surface area contributed by atoms with Crippen LogP contribution in [-0.4, -0.2) is 18.9 Å². The molecule has 1 aliphatic carbocycles. The molecule has 1 saturated heterocycles. The van der Waals surface area contributed by atoms with Crippen LogP contribution >= 0.6 is 0 Å². The molecule has 92 valence electrons. The first-order valence-corrected chi connectivity index (χ1v) is 6.92. The summed E-state index contributed by atoms with van der Waals surface area (Å²) in [4.78, 5) is 12.7. The summed E-state index contributed by atoms with van der Waals surface area (Å²) in [6.07, 6.45) is 7.20. The molecule has 0 aromatic heterocycles. The summed E-state index contributed by atoms with van der Waals surface area (Å²) in [6, 6.07) is 0. The second-order valence-corrected chi connectivity index (χ2v) is 5.94. The molecule has 0 amide bonds. The molecule has 0 radical (unpaired) electrons. The van der Waals surface area contributed by atoms with Gasteiger partial charge >= 0.3 is 0 Å². The van der Waals surface area contributed by atoms with Crippen LogP contribution in [0.25, 0.3) is 0 Å². The average molecular weight is 223 g/mol. The summed E-state index contributed by atoms with van der Waals surface area (Å²) in [7, 11) is 0. The molecule has 2 aliphatic rings. The standard InChI is InChI=1S/C14H25NO/c1-11(2)14(8-9-15-10-14)13(16)12-6-4-3-5-7-12/h11-12,15H,3-10H2,1-2H3. The highest BCUT2D eigenvalue weighted by molar-refractivity contribution is 5.88. The maximum absolute atomic E-state index is 12.7. The van der Waals surface area contributed by atoms with Gasteiger partial charge in [-0.25, -0.2) is 0 Å². The Labute approximate surface area is 99.2 Å². The van der Waals surface area contributed by atoms with Crippen molar-refractivity contribution in [2.75, 3.05) is 13.1 Å². The van der Waals surface area contributed by atoms with Gasteiger partial charge in [-0.3, -0.25) is 4.79 Å². The number of rotatable bonds is 3. The van der Waals surface area contributed by atoms with Crippen LogP contribution in [0.5, 0.6) is 0 Å². The molecule has 0 aromatic carbocycles. The molecule has 2 heteroatoms. The van der Waals surface area contributed by atoms with Crippen LogP contribution in [0, 0.1) is 17.3 Å². The van der Waals surface area contributed by atoms with Gasteiger partial charge in [0.2, 0.25) is 0 Å². The largest absolute Gasteiger partial charge is 0.316 e. The molecule has 1 saturated carbocycles. The van der Waals surface area contributed by atoms with Crippen molar-refractivity contribution in [3.05, 3.63) is 0 Å². The fourth-order valence-corrected chi connectivity index (χ4v) is 3.47. The lowest BCUT2D eigenvalue weighted by atomic mass is 9.67. The summed E-state index contributed by atoms with van der Waals surface area (Å²) in [5.41, 5.74) is -0.0397. The number of Topliss-reactive ketones (excluding diaryl/α,β-unsaturated/α-hetero) is 1. The van der Waals surface area contributed by atoms with E-state index in [1.54, 1.807) is 0 Å². The van der Waals surface area contributed by atoms with Gasteiger partial charge in [0.15, 0.2) is 0 Å². The third-order valence-corrected chi connectivity index (χ3v) is 4.76. The van der Waals surface area contributed by atoms with Gasteiger partial charge in [-0.2, -0.15) is 0 Å². The fourth-order valence-electron chi connectivity index (χ4n) is 3.47. The molecule has 1 atom stereocenters. The highest BCUT2D eigenvalue weighted by Crippen LogP contribution is 2.40. The highest BCUT2D eigenvalue weighted by Gasteiger charge is 2.46. The molecule has 1 N–H and O–H groups in total. The number of carbonyl (C=O) groups is 1. The van der Waals surface area contributed by atoms with Gasteiger partial charge in [-0.15, -0.1) is 0 Å². The fraction of sp³-hybridized carbons (Fsp3) is 0.929. The van der Waals surface area contributed by atoms with Crippen molar-refractivity contribution in [3.63, 3.8) is 0 Å². The maximum Gasteiger partial charge on any atom is 0.143 e. The minimum Gasteiger partial charge on any atom is -0.316 e. The summed E-state index contributed by atoms with van der Waals surface area (Å²) in [5.74, 6) is 1.43. The predicted molar refractivity (Wildman–Crippen MR) is 66.3 cm³/mol. The second-order valence-electron chi connectivity index (χ2n) is 5.94. The van der Waals surface area contributed by atoms with Crippen LogP contribution in [0.2, 0.25) is 0 Å². The van der Waals surface area contributed by atoms with E-state index in [1.165, 1.54) is 19.3 Å². The third-order valence-electron chi connectivity index (χ3n) is 4.76. The Kier molecular flexibility index (Phi) is 3.68. The van der Waals surface area contributed by atoms with Gasteiger partial charge in [0.25, 0.3) is 0 Å². The van der Waals surface area contributed by atoms with Crippen molar-refractivity contribution >= 4 is 5.78 Å². The van der Waals surface area contributed by atoms with Crippen LogP contribution in [-0.2, 0) is 4.79 Å². The predicted octanol–water partition coefficient (Wildman–Crippen LogP) is 2.77. The van der Waals surface area contributed by atoms with E-state index in [4.69, 9.17) is 0 Å². The van der Waals surface area contributed by atoms with Crippen LogP contribution in [0.15, 0.2) is 0 Å². The quantitative estimate of drug-likeness (QED) is 0.797. The number of ketones is 1. The van der Waals surface area contributed by atoms with Crippen LogP contribution in [0.3, 0.4) is 0 Å².